The lowest BCUT2D eigenvalue weighted by atomic mass is 9.96. The van der Waals surface area contributed by atoms with Gasteiger partial charge < -0.3 is 5.73 Å². The minimum absolute atomic E-state index is 0.139. The Morgan fingerprint density at radius 1 is 1.26 bits per heavy atom. The van der Waals surface area contributed by atoms with E-state index in [1.165, 1.54) is 6.42 Å². The number of nitrogens with two attached hydrogens (primary N) is 1. The van der Waals surface area contributed by atoms with Crippen LogP contribution in [-0.4, -0.2) is 25.8 Å². The molecule has 0 aliphatic heterocycles. The molecule has 1 aliphatic carbocycles. The van der Waals surface area contributed by atoms with Crippen LogP contribution in [0.5, 0.6) is 0 Å². The first kappa shape index (κ1) is 14.5. The van der Waals surface area contributed by atoms with Gasteiger partial charge in [0.15, 0.2) is 0 Å². The molecule has 0 bridgehead atoms. The van der Waals surface area contributed by atoms with E-state index in [0.29, 0.717) is 11.4 Å². The second-order valence-electron chi connectivity index (χ2n) is 5.16. The number of hydrogen-bond donors (Lipinski definition) is 1. The highest BCUT2D eigenvalue weighted by atomic mass is 32.2. The zero-order chi connectivity index (χ0) is 13.9. The highest BCUT2D eigenvalue weighted by Gasteiger charge is 2.28. The quantitative estimate of drug-likeness (QED) is 0.920. The van der Waals surface area contributed by atoms with E-state index in [0.717, 1.165) is 31.2 Å². The lowest BCUT2D eigenvalue weighted by Gasteiger charge is -2.30. The van der Waals surface area contributed by atoms with Crippen LogP contribution in [0.2, 0.25) is 0 Å². The van der Waals surface area contributed by atoms with E-state index in [2.05, 4.69) is 0 Å². The van der Waals surface area contributed by atoms with Crippen LogP contribution in [0.3, 0.4) is 0 Å². The van der Waals surface area contributed by atoms with Gasteiger partial charge in [0.05, 0.1) is 4.90 Å². The van der Waals surface area contributed by atoms with Gasteiger partial charge in [0.2, 0.25) is 10.0 Å². The van der Waals surface area contributed by atoms with Crippen LogP contribution in [0.1, 0.15) is 37.7 Å². The van der Waals surface area contributed by atoms with Gasteiger partial charge in [0, 0.05) is 19.6 Å². The molecule has 19 heavy (non-hydrogen) atoms. The fourth-order valence-corrected chi connectivity index (χ4v) is 4.13. The fourth-order valence-electron chi connectivity index (χ4n) is 2.64. The molecular weight excluding hydrogens is 260 g/mol. The highest BCUT2D eigenvalue weighted by Crippen LogP contribution is 2.26. The molecule has 1 saturated carbocycles. The number of hydrogen-bond acceptors (Lipinski definition) is 3. The zero-order valence-electron chi connectivity index (χ0n) is 11.4. The summed E-state index contributed by atoms with van der Waals surface area (Å²) in [6.45, 7) is 0.358. The van der Waals surface area contributed by atoms with Crippen molar-refractivity contribution in [2.45, 2.75) is 49.6 Å². The normalized spacial score (nSPS) is 17.8. The summed E-state index contributed by atoms with van der Waals surface area (Å²) in [6.07, 6.45) is 5.38. The van der Waals surface area contributed by atoms with Gasteiger partial charge in [-0.15, -0.1) is 0 Å². The maximum absolute atomic E-state index is 12.6. The topological polar surface area (TPSA) is 63.4 Å². The van der Waals surface area contributed by atoms with E-state index in [4.69, 9.17) is 5.73 Å². The second-order valence-corrected chi connectivity index (χ2v) is 7.16. The van der Waals surface area contributed by atoms with Gasteiger partial charge in [-0.2, -0.15) is 4.31 Å². The van der Waals surface area contributed by atoms with Gasteiger partial charge in [-0.25, -0.2) is 8.42 Å². The van der Waals surface area contributed by atoms with Gasteiger partial charge in [0.1, 0.15) is 0 Å². The molecule has 0 radical (unpaired) electrons. The Morgan fingerprint density at radius 3 is 2.58 bits per heavy atom. The SMILES string of the molecule is CN(C1CCCCC1)S(=O)(=O)c1cccc(CN)c1. The summed E-state index contributed by atoms with van der Waals surface area (Å²) in [5, 5.41) is 0. The van der Waals surface area contributed by atoms with E-state index in [-0.39, 0.29) is 6.04 Å². The summed E-state index contributed by atoms with van der Waals surface area (Å²) < 4.78 is 26.7. The van der Waals surface area contributed by atoms with Gasteiger partial charge in [-0.3, -0.25) is 0 Å². The van der Waals surface area contributed by atoms with Crippen molar-refractivity contribution in [3.05, 3.63) is 29.8 Å². The molecule has 2 rings (SSSR count). The highest BCUT2D eigenvalue weighted by molar-refractivity contribution is 7.89. The van der Waals surface area contributed by atoms with Gasteiger partial charge in [0.25, 0.3) is 0 Å². The Morgan fingerprint density at radius 2 is 1.95 bits per heavy atom. The summed E-state index contributed by atoms with van der Waals surface area (Å²) in [5.74, 6) is 0. The summed E-state index contributed by atoms with van der Waals surface area (Å²) in [6, 6.07) is 7.06. The predicted molar refractivity (Wildman–Crippen MR) is 76.2 cm³/mol. The predicted octanol–water partition coefficient (Wildman–Crippen LogP) is 2.10. The Kier molecular flexibility index (Phi) is 4.60. The molecule has 0 saturated heterocycles. The van der Waals surface area contributed by atoms with Crippen LogP contribution in [0.15, 0.2) is 29.2 Å². The molecule has 106 valence electrons. The van der Waals surface area contributed by atoms with Crippen molar-refractivity contribution in [1.82, 2.24) is 4.31 Å². The maximum Gasteiger partial charge on any atom is 0.243 e. The van der Waals surface area contributed by atoms with Crippen molar-refractivity contribution in [2.75, 3.05) is 7.05 Å². The minimum Gasteiger partial charge on any atom is -0.326 e. The second kappa shape index (κ2) is 6.03. The number of nitrogens with zero attached hydrogens (tertiary/aromatic N) is 1. The van der Waals surface area contributed by atoms with Crippen LogP contribution in [-0.2, 0) is 16.6 Å². The van der Waals surface area contributed by atoms with E-state index in [1.54, 1.807) is 29.6 Å². The molecule has 1 aromatic rings. The van der Waals surface area contributed by atoms with Crippen LogP contribution >= 0.6 is 0 Å². The van der Waals surface area contributed by atoms with Crippen molar-refractivity contribution < 1.29 is 8.42 Å². The van der Waals surface area contributed by atoms with E-state index in [1.807, 2.05) is 6.07 Å². The third-order valence-corrected chi connectivity index (χ3v) is 5.81. The smallest absolute Gasteiger partial charge is 0.243 e. The Labute approximate surface area is 115 Å². The molecule has 0 spiro atoms. The fraction of sp³-hybridized carbons (Fsp3) is 0.571. The first-order valence-electron chi connectivity index (χ1n) is 6.83. The van der Waals surface area contributed by atoms with Gasteiger partial charge in [-0.05, 0) is 30.5 Å². The van der Waals surface area contributed by atoms with Crippen LogP contribution in [0, 0.1) is 0 Å². The standard InChI is InChI=1S/C14H22N2O2S/c1-16(13-7-3-2-4-8-13)19(17,18)14-9-5-6-12(10-14)11-15/h5-6,9-10,13H,2-4,7-8,11,15H2,1H3. The molecule has 1 aromatic carbocycles. The molecular formula is C14H22N2O2S. The van der Waals surface area contributed by atoms with E-state index >= 15 is 0 Å². The van der Waals surface area contributed by atoms with Crippen LogP contribution in [0.4, 0.5) is 0 Å². The maximum atomic E-state index is 12.6. The molecule has 0 unspecified atom stereocenters. The molecule has 0 aromatic heterocycles. The number of rotatable bonds is 4. The first-order chi connectivity index (χ1) is 9.05. The van der Waals surface area contributed by atoms with Gasteiger partial charge in [-0.1, -0.05) is 31.4 Å². The average Bonchev–Trinajstić information content (AvgIpc) is 2.47. The lowest BCUT2D eigenvalue weighted by Crippen LogP contribution is -2.38. The number of sulfonamides is 1. The van der Waals surface area contributed by atoms with E-state index < -0.39 is 10.0 Å². The van der Waals surface area contributed by atoms with Crippen LogP contribution < -0.4 is 5.73 Å². The summed E-state index contributed by atoms with van der Waals surface area (Å²) in [5.41, 5.74) is 6.42. The van der Waals surface area contributed by atoms with Crippen molar-refractivity contribution in [1.29, 1.82) is 0 Å². The minimum atomic E-state index is -3.39. The summed E-state index contributed by atoms with van der Waals surface area (Å²) in [7, 11) is -1.70. The summed E-state index contributed by atoms with van der Waals surface area (Å²) >= 11 is 0. The third kappa shape index (κ3) is 3.16. The molecule has 1 fully saturated rings. The van der Waals surface area contributed by atoms with Crippen molar-refractivity contribution in [3.63, 3.8) is 0 Å². The Hall–Kier alpha value is -0.910. The largest absolute Gasteiger partial charge is 0.326 e. The monoisotopic (exact) mass is 282 g/mol. The van der Waals surface area contributed by atoms with E-state index in [9.17, 15) is 8.42 Å². The van der Waals surface area contributed by atoms with Crippen molar-refractivity contribution in [3.8, 4) is 0 Å². The molecule has 1 aliphatic rings. The zero-order valence-corrected chi connectivity index (χ0v) is 12.2. The molecule has 0 amide bonds. The Bertz CT molecular complexity index is 522. The summed E-state index contributed by atoms with van der Waals surface area (Å²) in [4.78, 5) is 0.350. The molecule has 2 N–H and O–H groups in total. The lowest BCUT2D eigenvalue weighted by molar-refractivity contribution is 0.286. The van der Waals surface area contributed by atoms with Crippen molar-refractivity contribution in [2.24, 2.45) is 5.73 Å². The van der Waals surface area contributed by atoms with Gasteiger partial charge >= 0.3 is 0 Å². The third-order valence-electron chi connectivity index (χ3n) is 3.90. The molecule has 0 heterocycles. The molecule has 0 atom stereocenters. The molecule has 4 nitrogen and oxygen atoms in total. The average molecular weight is 282 g/mol. The Balaban J connectivity index is 2.24. The number of benzene rings is 1. The van der Waals surface area contributed by atoms with Crippen LogP contribution in [0.25, 0.3) is 0 Å². The first-order valence-corrected chi connectivity index (χ1v) is 8.27. The molecule has 5 heteroatoms. The van der Waals surface area contributed by atoms with Crippen molar-refractivity contribution >= 4 is 10.0 Å².